The van der Waals surface area contributed by atoms with E-state index < -0.39 is 0 Å². The number of hydrogen-bond acceptors (Lipinski definition) is 6. The van der Waals surface area contributed by atoms with Crippen molar-refractivity contribution >= 4 is 41.7 Å². The second kappa shape index (κ2) is 11.9. The third kappa shape index (κ3) is 5.85. The molecule has 2 N–H and O–H groups in total. The Kier molecular flexibility index (Phi) is 9.61. The number of rotatable bonds is 7. The molecule has 30 heavy (non-hydrogen) atoms. The first-order valence-electron chi connectivity index (χ1n) is 10.9. The zero-order chi connectivity index (χ0) is 19.9. The zero-order valence-corrected chi connectivity index (χ0v) is 21.1. The maximum absolute atomic E-state index is 5.75. The topological polar surface area (TPSA) is 65.3 Å². The monoisotopic (exact) mass is 549 g/mol. The maximum Gasteiger partial charge on any atom is 0.191 e. The maximum atomic E-state index is 5.75. The highest BCUT2D eigenvalue weighted by molar-refractivity contribution is 14.0. The molecule has 1 aromatic rings. The van der Waals surface area contributed by atoms with Crippen molar-refractivity contribution in [3.8, 4) is 0 Å². The van der Waals surface area contributed by atoms with Crippen molar-refractivity contribution in [2.24, 2.45) is 4.99 Å². The van der Waals surface area contributed by atoms with Crippen molar-refractivity contribution in [1.82, 2.24) is 20.4 Å². The standard InChI is InChI=1S/C21H35N5O2S.HI/c1-22-20(23-15-18(19-5-4-11-28-19)25-7-2-3-8-25)24-16-21(6-14-29-17-21)26-9-12-27-13-10-26;/h4-5,11,18H,2-3,6-10,12-17H2,1H3,(H2,22,23,24);1H. The second-order valence-electron chi connectivity index (χ2n) is 8.21. The minimum atomic E-state index is 0. The molecule has 3 saturated heterocycles. The van der Waals surface area contributed by atoms with Crippen molar-refractivity contribution in [2.75, 3.05) is 71.0 Å². The fraction of sp³-hybridized carbons (Fsp3) is 0.762. The third-order valence-corrected chi connectivity index (χ3v) is 7.72. The average molecular weight is 550 g/mol. The van der Waals surface area contributed by atoms with Gasteiger partial charge in [-0.15, -0.1) is 24.0 Å². The molecule has 9 heteroatoms. The molecule has 0 spiro atoms. The van der Waals surface area contributed by atoms with Gasteiger partial charge in [0.05, 0.1) is 25.5 Å². The number of hydrogen-bond donors (Lipinski definition) is 2. The summed E-state index contributed by atoms with van der Waals surface area (Å²) in [6.07, 6.45) is 5.54. The van der Waals surface area contributed by atoms with Crippen LogP contribution < -0.4 is 10.6 Å². The Morgan fingerprint density at radius 2 is 2.03 bits per heavy atom. The average Bonchev–Trinajstić information content (AvgIpc) is 3.55. The summed E-state index contributed by atoms with van der Waals surface area (Å²) in [6, 6.07) is 4.32. The van der Waals surface area contributed by atoms with E-state index in [9.17, 15) is 0 Å². The molecule has 0 radical (unpaired) electrons. The van der Waals surface area contributed by atoms with Crippen LogP contribution in [0.3, 0.4) is 0 Å². The van der Waals surface area contributed by atoms with E-state index in [1.165, 1.54) is 30.8 Å². The summed E-state index contributed by atoms with van der Waals surface area (Å²) in [6.45, 7) is 7.75. The fourth-order valence-electron chi connectivity index (χ4n) is 4.74. The van der Waals surface area contributed by atoms with Crippen LogP contribution in [0.2, 0.25) is 0 Å². The number of guanidine groups is 1. The van der Waals surface area contributed by atoms with Crippen LogP contribution in [0.15, 0.2) is 27.8 Å². The Morgan fingerprint density at radius 1 is 1.23 bits per heavy atom. The zero-order valence-electron chi connectivity index (χ0n) is 18.0. The number of furan rings is 1. The second-order valence-corrected chi connectivity index (χ2v) is 9.31. The van der Waals surface area contributed by atoms with Gasteiger partial charge < -0.3 is 19.8 Å². The van der Waals surface area contributed by atoms with Gasteiger partial charge in [-0.1, -0.05) is 0 Å². The van der Waals surface area contributed by atoms with Crippen molar-refractivity contribution in [3.05, 3.63) is 24.2 Å². The van der Waals surface area contributed by atoms with Crippen LogP contribution in [-0.4, -0.2) is 92.3 Å². The van der Waals surface area contributed by atoms with Gasteiger partial charge in [-0.2, -0.15) is 11.8 Å². The normalized spacial score (nSPS) is 27.0. The molecule has 170 valence electrons. The lowest BCUT2D eigenvalue weighted by Gasteiger charge is -2.43. The predicted molar refractivity (Wildman–Crippen MR) is 134 cm³/mol. The van der Waals surface area contributed by atoms with E-state index in [4.69, 9.17) is 9.15 Å². The molecule has 2 unspecified atom stereocenters. The highest BCUT2D eigenvalue weighted by atomic mass is 127. The summed E-state index contributed by atoms with van der Waals surface area (Å²) in [4.78, 5) is 9.65. The van der Waals surface area contributed by atoms with Crippen LogP contribution in [-0.2, 0) is 4.74 Å². The molecule has 3 fully saturated rings. The number of halogens is 1. The Balaban J connectivity index is 0.00000256. The van der Waals surface area contributed by atoms with Gasteiger partial charge >= 0.3 is 0 Å². The minimum absolute atomic E-state index is 0. The van der Waals surface area contributed by atoms with Gasteiger partial charge in [0.1, 0.15) is 5.76 Å². The lowest BCUT2D eigenvalue weighted by Crippen LogP contribution is -2.60. The van der Waals surface area contributed by atoms with Crippen molar-refractivity contribution in [1.29, 1.82) is 0 Å². The highest BCUT2D eigenvalue weighted by Crippen LogP contribution is 2.33. The molecule has 3 aliphatic heterocycles. The van der Waals surface area contributed by atoms with Gasteiger partial charge in [-0.3, -0.25) is 14.8 Å². The van der Waals surface area contributed by atoms with E-state index in [1.807, 2.05) is 13.1 Å². The number of nitrogens with zero attached hydrogens (tertiary/aromatic N) is 3. The summed E-state index contributed by atoms with van der Waals surface area (Å²) in [5.41, 5.74) is 0.210. The van der Waals surface area contributed by atoms with E-state index >= 15 is 0 Å². The summed E-state index contributed by atoms with van der Waals surface area (Å²) in [7, 11) is 1.86. The number of nitrogens with one attached hydrogen (secondary N) is 2. The van der Waals surface area contributed by atoms with E-state index in [-0.39, 0.29) is 35.6 Å². The smallest absolute Gasteiger partial charge is 0.191 e. The first kappa shape index (κ1) is 24.2. The summed E-state index contributed by atoms with van der Waals surface area (Å²) < 4.78 is 11.3. The van der Waals surface area contributed by atoms with Crippen LogP contribution in [0, 0.1) is 0 Å². The predicted octanol–water partition coefficient (Wildman–Crippen LogP) is 2.41. The van der Waals surface area contributed by atoms with Crippen LogP contribution in [0.5, 0.6) is 0 Å². The summed E-state index contributed by atoms with van der Waals surface area (Å²) in [5, 5.41) is 7.20. The first-order chi connectivity index (χ1) is 14.3. The molecular weight excluding hydrogens is 513 g/mol. The van der Waals surface area contributed by atoms with Crippen molar-refractivity contribution < 1.29 is 9.15 Å². The van der Waals surface area contributed by atoms with E-state index in [1.54, 1.807) is 6.26 Å². The lowest BCUT2D eigenvalue weighted by molar-refractivity contribution is -0.0120. The minimum Gasteiger partial charge on any atom is -0.468 e. The number of morpholine rings is 1. The molecule has 2 atom stereocenters. The molecule has 0 aliphatic carbocycles. The lowest BCUT2D eigenvalue weighted by atomic mass is 9.95. The number of likely N-dealkylation sites (tertiary alicyclic amines) is 1. The molecule has 0 amide bonds. The Morgan fingerprint density at radius 3 is 2.67 bits per heavy atom. The van der Waals surface area contributed by atoms with E-state index in [0.717, 1.165) is 64.2 Å². The number of thioether (sulfide) groups is 1. The first-order valence-corrected chi connectivity index (χ1v) is 12.1. The van der Waals surface area contributed by atoms with Crippen LogP contribution in [0.25, 0.3) is 0 Å². The third-order valence-electron chi connectivity index (χ3n) is 6.49. The Labute approximate surface area is 201 Å². The molecule has 0 saturated carbocycles. The molecule has 0 aromatic carbocycles. The van der Waals surface area contributed by atoms with Crippen molar-refractivity contribution in [3.63, 3.8) is 0 Å². The molecule has 1 aromatic heterocycles. The number of aliphatic imine (C=N–C) groups is 1. The van der Waals surface area contributed by atoms with Crippen LogP contribution in [0.4, 0.5) is 0 Å². The molecule has 4 heterocycles. The molecule has 0 bridgehead atoms. The van der Waals surface area contributed by atoms with Gasteiger partial charge in [0.2, 0.25) is 0 Å². The van der Waals surface area contributed by atoms with Gasteiger partial charge in [-0.05, 0) is 50.2 Å². The van der Waals surface area contributed by atoms with Crippen molar-refractivity contribution in [2.45, 2.75) is 30.8 Å². The molecule has 4 rings (SSSR count). The fourth-order valence-corrected chi connectivity index (χ4v) is 6.22. The summed E-state index contributed by atoms with van der Waals surface area (Å²) >= 11 is 2.07. The van der Waals surface area contributed by atoms with E-state index in [0.29, 0.717) is 0 Å². The van der Waals surface area contributed by atoms with Gasteiger partial charge in [0, 0.05) is 44.5 Å². The van der Waals surface area contributed by atoms with Gasteiger partial charge in [0.15, 0.2) is 5.96 Å². The highest BCUT2D eigenvalue weighted by Gasteiger charge is 2.40. The number of ether oxygens (including phenoxy) is 1. The van der Waals surface area contributed by atoms with Gasteiger partial charge in [0.25, 0.3) is 0 Å². The van der Waals surface area contributed by atoms with Crippen LogP contribution in [0.1, 0.15) is 31.1 Å². The Hall–Kier alpha value is -0.490. The molecular formula is C21H36IN5O2S. The largest absolute Gasteiger partial charge is 0.468 e. The molecule has 3 aliphatic rings. The Bertz CT molecular complexity index is 642. The van der Waals surface area contributed by atoms with E-state index in [2.05, 4.69) is 43.3 Å². The van der Waals surface area contributed by atoms with Crippen LogP contribution >= 0.6 is 35.7 Å². The van der Waals surface area contributed by atoms with Gasteiger partial charge in [-0.25, -0.2) is 0 Å². The summed E-state index contributed by atoms with van der Waals surface area (Å²) in [5.74, 6) is 4.33. The quantitative estimate of drug-likeness (QED) is 0.308. The SMILES string of the molecule is CN=C(NCC(c1ccco1)N1CCCC1)NCC1(N2CCOCC2)CCSC1.I. The molecule has 7 nitrogen and oxygen atoms in total.